The summed E-state index contributed by atoms with van der Waals surface area (Å²) >= 11 is 0. The Labute approximate surface area is 149 Å². The quantitative estimate of drug-likeness (QED) is 0.918. The summed E-state index contributed by atoms with van der Waals surface area (Å²) in [6.07, 6.45) is 4.81. The maximum Gasteiger partial charge on any atom is 0.274 e. The first-order valence-electron chi connectivity index (χ1n) is 9.02. The fourth-order valence-electron chi connectivity index (χ4n) is 3.22. The summed E-state index contributed by atoms with van der Waals surface area (Å²) < 4.78 is 0. The van der Waals surface area contributed by atoms with E-state index in [0.29, 0.717) is 11.6 Å². The topological polar surface area (TPSA) is 58.1 Å². The van der Waals surface area contributed by atoms with Crippen molar-refractivity contribution in [1.82, 2.24) is 9.97 Å². The second-order valence-corrected chi connectivity index (χ2v) is 6.87. The molecule has 5 nitrogen and oxygen atoms in total. The Kier molecular flexibility index (Phi) is 5.31. The molecule has 1 saturated heterocycles. The van der Waals surface area contributed by atoms with E-state index in [-0.39, 0.29) is 5.91 Å². The van der Waals surface area contributed by atoms with Crippen LogP contribution in [-0.2, 0) is 0 Å². The van der Waals surface area contributed by atoms with Crippen molar-refractivity contribution in [2.24, 2.45) is 0 Å². The van der Waals surface area contributed by atoms with E-state index >= 15 is 0 Å². The molecule has 1 aromatic heterocycles. The molecule has 3 rings (SSSR count). The van der Waals surface area contributed by atoms with Crippen LogP contribution in [0.2, 0.25) is 0 Å². The first-order valence-corrected chi connectivity index (χ1v) is 9.02. The minimum absolute atomic E-state index is 0.187. The normalized spacial score (nSPS) is 14.9. The molecule has 0 unspecified atom stereocenters. The molecule has 1 aliphatic heterocycles. The average Bonchev–Trinajstić information content (AvgIpc) is 2.86. The zero-order valence-electron chi connectivity index (χ0n) is 15.3. The minimum Gasteiger partial charge on any atom is -0.341 e. The number of amides is 1. The summed E-state index contributed by atoms with van der Waals surface area (Å²) in [5.41, 5.74) is 4.29. The van der Waals surface area contributed by atoms with Gasteiger partial charge < -0.3 is 10.2 Å². The van der Waals surface area contributed by atoms with Crippen molar-refractivity contribution >= 4 is 17.5 Å². The Balaban J connectivity index is 1.82. The predicted octanol–water partition coefficient (Wildman–Crippen LogP) is 4.03. The molecule has 2 heterocycles. The number of carbonyl (C=O) groups excluding carboxylic acids is 1. The van der Waals surface area contributed by atoms with Gasteiger partial charge in [0, 0.05) is 24.5 Å². The first-order chi connectivity index (χ1) is 12.0. The number of rotatable bonds is 3. The first kappa shape index (κ1) is 17.4. The summed E-state index contributed by atoms with van der Waals surface area (Å²) in [5.74, 6) is 0.487. The van der Waals surface area contributed by atoms with Gasteiger partial charge in [-0.05, 0) is 51.3 Å². The van der Waals surface area contributed by atoms with Gasteiger partial charge in [0.15, 0.2) is 0 Å². The van der Waals surface area contributed by atoms with E-state index in [4.69, 9.17) is 0 Å². The Bertz CT molecular complexity index is 764. The second kappa shape index (κ2) is 7.64. The highest BCUT2D eigenvalue weighted by Crippen LogP contribution is 2.19. The molecule has 1 aliphatic rings. The van der Waals surface area contributed by atoms with E-state index in [1.807, 2.05) is 32.9 Å². The number of carbonyl (C=O) groups is 1. The third kappa shape index (κ3) is 4.35. The average molecular weight is 338 g/mol. The number of benzene rings is 1. The lowest BCUT2D eigenvalue weighted by molar-refractivity contribution is 0.102. The summed E-state index contributed by atoms with van der Waals surface area (Å²) in [6.45, 7) is 7.87. The highest BCUT2D eigenvalue weighted by Gasteiger charge is 2.17. The van der Waals surface area contributed by atoms with E-state index in [2.05, 4.69) is 26.3 Å². The number of aromatic nitrogens is 2. The SMILES string of the molecule is Cc1ccc(NC(=O)c2cc(C)nc(N3CCCCCC3)n2)c(C)c1. The molecule has 0 radical (unpaired) electrons. The van der Waals surface area contributed by atoms with Gasteiger partial charge >= 0.3 is 0 Å². The predicted molar refractivity (Wildman–Crippen MR) is 101 cm³/mol. The molecule has 2 aromatic rings. The lowest BCUT2D eigenvalue weighted by Crippen LogP contribution is -2.27. The fraction of sp³-hybridized carbons (Fsp3) is 0.450. The van der Waals surface area contributed by atoms with Gasteiger partial charge in [0.05, 0.1) is 0 Å². The molecule has 132 valence electrons. The fourth-order valence-corrected chi connectivity index (χ4v) is 3.22. The molecule has 0 atom stereocenters. The number of hydrogen-bond acceptors (Lipinski definition) is 4. The van der Waals surface area contributed by atoms with Crippen molar-refractivity contribution in [3.63, 3.8) is 0 Å². The van der Waals surface area contributed by atoms with Crippen molar-refractivity contribution in [2.45, 2.75) is 46.5 Å². The second-order valence-electron chi connectivity index (χ2n) is 6.87. The number of hydrogen-bond donors (Lipinski definition) is 1. The lowest BCUT2D eigenvalue weighted by Gasteiger charge is -2.21. The summed E-state index contributed by atoms with van der Waals surface area (Å²) in [4.78, 5) is 24.0. The van der Waals surface area contributed by atoms with Gasteiger partial charge in [0.25, 0.3) is 5.91 Å². The summed E-state index contributed by atoms with van der Waals surface area (Å²) in [6, 6.07) is 7.74. The molecular weight excluding hydrogens is 312 g/mol. The Morgan fingerprint density at radius 3 is 2.40 bits per heavy atom. The van der Waals surface area contributed by atoms with Gasteiger partial charge in [-0.2, -0.15) is 0 Å². The van der Waals surface area contributed by atoms with Crippen molar-refractivity contribution in [3.05, 3.63) is 46.8 Å². The third-order valence-corrected chi connectivity index (χ3v) is 4.59. The molecule has 5 heteroatoms. The molecule has 25 heavy (non-hydrogen) atoms. The smallest absolute Gasteiger partial charge is 0.274 e. The maximum absolute atomic E-state index is 12.7. The summed E-state index contributed by atoms with van der Waals surface area (Å²) in [5, 5.41) is 2.98. The van der Waals surface area contributed by atoms with Crippen molar-refractivity contribution in [3.8, 4) is 0 Å². The molecular formula is C20H26N4O. The van der Waals surface area contributed by atoms with Crippen LogP contribution in [0.5, 0.6) is 0 Å². The molecule has 0 aliphatic carbocycles. The largest absolute Gasteiger partial charge is 0.341 e. The zero-order chi connectivity index (χ0) is 17.8. The van der Waals surface area contributed by atoms with E-state index in [0.717, 1.165) is 42.9 Å². The Morgan fingerprint density at radius 1 is 1.00 bits per heavy atom. The van der Waals surface area contributed by atoms with Gasteiger partial charge in [0.2, 0.25) is 5.95 Å². The maximum atomic E-state index is 12.7. The molecule has 1 amide bonds. The van der Waals surface area contributed by atoms with Crippen LogP contribution < -0.4 is 10.2 Å². The molecule has 0 spiro atoms. The number of aryl methyl sites for hydroxylation is 3. The molecule has 0 saturated carbocycles. The molecule has 1 N–H and O–H groups in total. The van der Waals surface area contributed by atoms with Gasteiger partial charge in [-0.15, -0.1) is 0 Å². The molecule has 1 aromatic carbocycles. The number of anilines is 2. The minimum atomic E-state index is -0.187. The van der Waals surface area contributed by atoms with Gasteiger partial charge in [0.1, 0.15) is 5.69 Å². The number of nitrogens with zero attached hydrogens (tertiary/aromatic N) is 3. The van der Waals surface area contributed by atoms with Crippen LogP contribution in [0.15, 0.2) is 24.3 Å². The molecule has 1 fully saturated rings. The molecule has 0 bridgehead atoms. The van der Waals surface area contributed by atoms with Gasteiger partial charge in [-0.3, -0.25) is 4.79 Å². The van der Waals surface area contributed by atoms with Crippen LogP contribution >= 0.6 is 0 Å². The van der Waals surface area contributed by atoms with Crippen LogP contribution in [0.4, 0.5) is 11.6 Å². The number of nitrogens with one attached hydrogen (secondary N) is 1. The van der Waals surface area contributed by atoms with Crippen molar-refractivity contribution in [1.29, 1.82) is 0 Å². The van der Waals surface area contributed by atoms with Crippen LogP contribution in [0.1, 0.15) is 53.0 Å². The highest BCUT2D eigenvalue weighted by atomic mass is 16.1. The van der Waals surface area contributed by atoms with Gasteiger partial charge in [-0.1, -0.05) is 30.5 Å². The van der Waals surface area contributed by atoms with Crippen LogP contribution in [-0.4, -0.2) is 29.0 Å². The Hall–Kier alpha value is -2.43. The van der Waals surface area contributed by atoms with E-state index in [1.165, 1.54) is 18.4 Å². The Morgan fingerprint density at radius 2 is 1.72 bits per heavy atom. The highest BCUT2D eigenvalue weighted by molar-refractivity contribution is 6.03. The standard InChI is InChI=1S/C20H26N4O/c1-14-8-9-17(15(2)12-14)22-19(25)18-13-16(3)21-20(23-18)24-10-6-4-5-7-11-24/h8-9,12-13H,4-7,10-11H2,1-3H3,(H,22,25). The van der Waals surface area contributed by atoms with Crippen LogP contribution in [0, 0.1) is 20.8 Å². The van der Waals surface area contributed by atoms with Crippen molar-refractivity contribution < 1.29 is 4.79 Å². The van der Waals surface area contributed by atoms with Crippen LogP contribution in [0.3, 0.4) is 0 Å². The van der Waals surface area contributed by atoms with E-state index in [1.54, 1.807) is 6.07 Å². The van der Waals surface area contributed by atoms with E-state index < -0.39 is 0 Å². The van der Waals surface area contributed by atoms with Crippen LogP contribution in [0.25, 0.3) is 0 Å². The zero-order valence-corrected chi connectivity index (χ0v) is 15.3. The van der Waals surface area contributed by atoms with Crippen molar-refractivity contribution in [2.75, 3.05) is 23.3 Å². The monoisotopic (exact) mass is 338 g/mol. The third-order valence-electron chi connectivity index (χ3n) is 4.59. The lowest BCUT2D eigenvalue weighted by atomic mass is 10.1. The van der Waals surface area contributed by atoms with E-state index in [9.17, 15) is 4.79 Å². The summed E-state index contributed by atoms with van der Waals surface area (Å²) in [7, 11) is 0. The van der Waals surface area contributed by atoms with Gasteiger partial charge in [-0.25, -0.2) is 9.97 Å².